The Morgan fingerprint density at radius 2 is 1.72 bits per heavy atom. The van der Waals surface area contributed by atoms with Crippen LogP contribution in [0.3, 0.4) is 0 Å². The molecule has 4 nitrogen and oxygen atoms in total. The number of amides is 2. The lowest BCUT2D eigenvalue weighted by atomic mass is 9.73. The number of fused-ring (bicyclic) bond motifs is 1. The van der Waals surface area contributed by atoms with Crippen LogP contribution in [0.5, 0.6) is 0 Å². The van der Waals surface area contributed by atoms with Gasteiger partial charge in [-0.15, -0.1) is 6.58 Å². The van der Waals surface area contributed by atoms with Gasteiger partial charge < -0.3 is 14.2 Å². The molecule has 2 fully saturated rings. The Morgan fingerprint density at radius 1 is 1.16 bits per heavy atom. The number of carbonyl (C=O) groups excluding carboxylic acids is 1. The molecular formula is C20H38N2O2Si. The van der Waals surface area contributed by atoms with Crippen molar-refractivity contribution in [2.75, 3.05) is 0 Å². The molecule has 0 aromatic heterocycles. The van der Waals surface area contributed by atoms with Crippen LogP contribution in [0.1, 0.15) is 60.8 Å². The van der Waals surface area contributed by atoms with Crippen molar-refractivity contribution in [2.45, 2.75) is 109 Å². The highest BCUT2D eigenvalue weighted by atomic mass is 28.4. The van der Waals surface area contributed by atoms with Crippen LogP contribution >= 0.6 is 0 Å². The Kier molecular flexibility index (Phi) is 5.02. The number of urea groups is 1. The molecule has 2 aliphatic rings. The highest BCUT2D eigenvalue weighted by Gasteiger charge is 2.64. The Labute approximate surface area is 155 Å². The minimum atomic E-state index is -1.72. The molecule has 5 heteroatoms. The zero-order valence-corrected chi connectivity index (χ0v) is 18.8. The Hall–Kier alpha value is -0.813. The predicted molar refractivity (Wildman–Crippen MR) is 107 cm³/mol. The second-order valence-electron chi connectivity index (χ2n) is 10.6. The van der Waals surface area contributed by atoms with Crippen LogP contribution in [-0.2, 0) is 4.43 Å². The zero-order valence-electron chi connectivity index (χ0n) is 17.8. The lowest BCUT2D eigenvalue weighted by molar-refractivity contribution is -0.0140. The van der Waals surface area contributed by atoms with Gasteiger partial charge in [0.05, 0.1) is 17.7 Å². The molecule has 0 spiro atoms. The van der Waals surface area contributed by atoms with E-state index >= 15 is 0 Å². The molecule has 25 heavy (non-hydrogen) atoms. The summed E-state index contributed by atoms with van der Waals surface area (Å²) in [5.74, 6) is 0. The van der Waals surface area contributed by atoms with Crippen molar-refractivity contribution in [1.82, 2.24) is 9.80 Å². The average molecular weight is 367 g/mol. The quantitative estimate of drug-likeness (QED) is 0.519. The Balaban J connectivity index is 2.63. The van der Waals surface area contributed by atoms with E-state index in [1.807, 2.05) is 6.08 Å². The number of rotatable bonds is 3. The van der Waals surface area contributed by atoms with Crippen LogP contribution in [0.2, 0.25) is 19.6 Å². The number of carbonyl (C=O) groups is 1. The van der Waals surface area contributed by atoms with Gasteiger partial charge in [0.1, 0.15) is 0 Å². The fourth-order valence-electron chi connectivity index (χ4n) is 4.76. The highest BCUT2D eigenvalue weighted by Crippen LogP contribution is 2.50. The smallest absolute Gasteiger partial charge is 0.322 e. The van der Waals surface area contributed by atoms with E-state index in [9.17, 15) is 4.79 Å². The maximum absolute atomic E-state index is 13.6. The van der Waals surface area contributed by atoms with Crippen LogP contribution in [0.4, 0.5) is 4.79 Å². The second kappa shape index (κ2) is 6.12. The highest BCUT2D eigenvalue weighted by molar-refractivity contribution is 6.69. The maximum Gasteiger partial charge on any atom is 0.322 e. The third kappa shape index (κ3) is 3.54. The predicted octanol–water partition coefficient (Wildman–Crippen LogP) is 5.02. The van der Waals surface area contributed by atoms with Gasteiger partial charge in [-0.2, -0.15) is 0 Å². The standard InChI is InChI=1S/C20H38N2O2Si/c1-11-20-14-12-13-15(24-25(8,9)10)16(20)21(18(2,3)4)17(23)22(20)19(5,6)7/h11,15-16H,1,12-14H2,2-10H3/t15-,16+,20-/m0/s1. The number of hydrogen-bond acceptors (Lipinski definition) is 2. The molecule has 1 heterocycles. The molecule has 1 saturated carbocycles. The Morgan fingerprint density at radius 3 is 2.12 bits per heavy atom. The summed E-state index contributed by atoms with van der Waals surface area (Å²) >= 11 is 0. The van der Waals surface area contributed by atoms with E-state index in [1.165, 1.54) is 0 Å². The van der Waals surface area contributed by atoms with Crippen molar-refractivity contribution in [3.05, 3.63) is 12.7 Å². The van der Waals surface area contributed by atoms with Crippen LogP contribution in [-0.4, -0.2) is 52.9 Å². The molecule has 0 bridgehead atoms. The number of nitrogens with zero attached hydrogens (tertiary/aromatic N) is 2. The molecule has 1 aliphatic heterocycles. The summed E-state index contributed by atoms with van der Waals surface area (Å²) in [5, 5.41) is 0. The summed E-state index contributed by atoms with van der Waals surface area (Å²) in [4.78, 5) is 17.8. The molecule has 144 valence electrons. The third-order valence-electron chi connectivity index (χ3n) is 5.27. The normalized spacial score (nSPS) is 31.3. The molecule has 0 aromatic carbocycles. The maximum atomic E-state index is 13.6. The summed E-state index contributed by atoms with van der Waals surface area (Å²) in [7, 11) is -1.72. The molecule has 3 atom stereocenters. The van der Waals surface area contributed by atoms with Crippen LogP contribution in [0.15, 0.2) is 12.7 Å². The molecule has 1 aliphatic carbocycles. The van der Waals surface area contributed by atoms with Gasteiger partial charge in [-0.25, -0.2) is 4.79 Å². The first kappa shape index (κ1) is 20.5. The molecule has 2 rings (SSSR count). The summed E-state index contributed by atoms with van der Waals surface area (Å²) in [6.07, 6.45) is 5.15. The second-order valence-corrected chi connectivity index (χ2v) is 15.1. The van der Waals surface area contributed by atoms with Crippen LogP contribution in [0, 0.1) is 0 Å². The molecule has 1 saturated heterocycles. The molecule has 0 radical (unpaired) electrons. The largest absolute Gasteiger partial charge is 0.413 e. The van der Waals surface area contributed by atoms with Crippen molar-refractivity contribution >= 4 is 14.3 Å². The van der Waals surface area contributed by atoms with Gasteiger partial charge in [0.2, 0.25) is 0 Å². The van der Waals surface area contributed by atoms with Gasteiger partial charge in [-0.05, 0) is 80.4 Å². The van der Waals surface area contributed by atoms with Gasteiger partial charge in [0, 0.05) is 11.1 Å². The van der Waals surface area contributed by atoms with Crippen LogP contribution in [0.25, 0.3) is 0 Å². The van der Waals surface area contributed by atoms with Crippen molar-refractivity contribution in [3.63, 3.8) is 0 Å². The lowest BCUT2D eigenvalue weighted by Crippen LogP contribution is -2.64. The fourth-order valence-corrected chi connectivity index (χ4v) is 5.91. The van der Waals surface area contributed by atoms with Crippen LogP contribution < -0.4 is 0 Å². The molecule has 0 unspecified atom stereocenters. The van der Waals surface area contributed by atoms with E-state index in [1.54, 1.807) is 0 Å². The molecule has 2 amide bonds. The van der Waals surface area contributed by atoms with Gasteiger partial charge in [0.25, 0.3) is 0 Å². The first-order chi connectivity index (χ1) is 11.1. The average Bonchev–Trinajstić information content (AvgIpc) is 2.66. The van der Waals surface area contributed by atoms with Crippen molar-refractivity contribution in [2.24, 2.45) is 0 Å². The summed E-state index contributed by atoms with van der Waals surface area (Å²) in [6, 6.07) is 0.146. The van der Waals surface area contributed by atoms with Crippen molar-refractivity contribution in [1.29, 1.82) is 0 Å². The Bertz CT molecular complexity index is 541. The topological polar surface area (TPSA) is 32.8 Å². The van der Waals surface area contributed by atoms with E-state index in [0.29, 0.717) is 0 Å². The molecule has 0 N–H and O–H groups in total. The van der Waals surface area contributed by atoms with E-state index < -0.39 is 8.32 Å². The summed E-state index contributed by atoms with van der Waals surface area (Å²) < 4.78 is 6.62. The zero-order chi connectivity index (χ0) is 19.4. The first-order valence-electron chi connectivity index (χ1n) is 9.60. The summed E-state index contributed by atoms with van der Waals surface area (Å²) in [6.45, 7) is 23.7. The van der Waals surface area contributed by atoms with Crippen molar-refractivity contribution in [3.8, 4) is 0 Å². The van der Waals surface area contributed by atoms with E-state index in [2.05, 4.69) is 77.6 Å². The lowest BCUT2D eigenvalue weighted by Gasteiger charge is -2.51. The van der Waals surface area contributed by atoms with Gasteiger partial charge >= 0.3 is 6.03 Å². The SMILES string of the molecule is C=C[C@]12CCC[C@H](O[Si](C)(C)C)[C@H]1N(C(C)(C)C)C(=O)N2C(C)(C)C. The molecule has 0 aromatic rings. The minimum Gasteiger partial charge on any atom is -0.413 e. The van der Waals surface area contributed by atoms with Gasteiger partial charge in [-0.3, -0.25) is 0 Å². The molecular weight excluding hydrogens is 328 g/mol. The first-order valence-corrected chi connectivity index (χ1v) is 13.0. The third-order valence-corrected chi connectivity index (χ3v) is 6.28. The summed E-state index contributed by atoms with van der Waals surface area (Å²) in [5.41, 5.74) is -0.871. The van der Waals surface area contributed by atoms with Gasteiger partial charge in [0.15, 0.2) is 8.32 Å². The monoisotopic (exact) mass is 366 g/mol. The van der Waals surface area contributed by atoms with E-state index in [0.717, 1.165) is 19.3 Å². The fraction of sp³-hybridized carbons (Fsp3) is 0.850. The minimum absolute atomic E-state index is 0.0252. The number of hydrogen-bond donors (Lipinski definition) is 0. The van der Waals surface area contributed by atoms with E-state index in [-0.39, 0.29) is 34.8 Å². The van der Waals surface area contributed by atoms with Gasteiger partial charge in [-0.1, -0.05) is 6.08 Å². The van der Waals surface area contributed by atoms with E-state index in [4.69, 9.17) is 4.43 Å². The van der Waals surface area contributed by atoms with Crippen molar-refractivity contribution < 1.29 is 9.22 Å².